The average Bonchev–Trinajstić information content (AvgIpc) is 3.21. The molecule has 0 saturated carbocycles. The number of aromatic nitrogens is 1. The van der Waals surface area contributed by atoms with E-state index in [-0.39, 0.29) is 6.42 Å². The van der Waals surface area contributed by atoms with Crippen molar-refractivity contribution in [3.05, 3.63) is 65.4 Å². The van der Waals surface area contributed by atoms with Crippen LogP contribution in [-0.2, 0) is 22.5 Å². The molecular formula is C31H38N4O5. The zero-order chi connectivity index (χ0) is 29.5. The van der Waals surface area contributed by atoms with E-state index in [1.165, 1.54) is 4.57 Å². The number of amides is 1. The monoisotopic (exact) mass is 546 g/mol. The first-order valence-electron chi connectivity index (χ1n) is 13.4. The van der Waals surface area contributed by atoms with Crippen LogP contribution < -0.4 is 15.8 Å². The number of ether oxygens (including phenoxy) is 3. The van der Waals surface area contributed by atoms with Gasteiger partial charge >= 0.3 is 12.2 Å². The fraction of sp³-hybridized carbons (Fsp3) is 0.452. The van der Waals surface area contributed by atoms with Crippen molar-refractivity contribution >= 4 is 23.1 Å². The van der Waals surface area contributed by atoms with Crippen molar-refractivity contribution in [2.24, 2.45) is 5.73 Å². The second-order valence-electron chi connectivity index (χ2n) is 12.3. The second kappa shape index (κ2) is 10.5. The number of alkyl carbamates (subject to hydrolysis) is 1. The van der Waals surface area contributed by atoms with Gasteiger partial charge in [0.1, 0.15) is 34.6 Å². The Labute approximate surface area is 235 Å². The topological polar surface area (TPSA) is 129 Å². The van der Waals surface area contributed by atoms with Gasteiger partial charge in [-0.3, -0.25) is 0 Å². The normalized spacial score (nSPS) is 20.8. The molecule has 1 aliphatic carbocycles. The lowest BCUT2D eigenvalue weighted by molar-refractivity contribution is 0.0480. The van der Waals surface area contributed by atoms with E-state index in [1.807, 2.05) is 43.3 Å². The van der Waals surface area contributed by atoms with Crippen molar-refractivity contribution in [1.82, 2.24) is 9.88 Å². The van der Waals surface area contributed by atoms with Gasteiger partial charge in [-0.05, 0) is 70.7 Å². The van der Waals surface area contributed by atoms with Crippen molar-refractivity contribution in [2.45, 2.75) is 90.2 Å². The van der Waals surface area contributed by atoms with Crippen LogP contribution in [-0.4, -0.2) is 39.5 Å². The summed E-state index contributed by atoms with van der Waals surface area (Å²) in [4.78, 5) is 26.3. The molecule has 0 bridgehead atoms. The van der Waals surface area contributed by atoms with Crippen molar-refractivity contribution in [3.63, 3.8) is 0 Å². The fourth-order valence-corrected chi connectivity index (χ4v) is 5.01. The highest BCUT2D eigenvalue weighted by Gasteiger charge is 2.46. The van der Waals surface area contributed by atoms with E-state index in [9.17, 15) is 14.9 Å². The third-order valence-corrected chi connectivity index (χ3v) is 6.92. The summed E-state index contributed by atoms with van der Waals surface area (Å²) in [5.74, 6) is -0.0242. The third kappa shape index (κ3) is 5.92. The van der Waals surface area contributed by atoms with Crippen LogP contribution in [0.2, 0.25) is 0 Å². The van der Waals surface area contributed by atoms with Gasteiger partial charge < -0.3 is 25.3 Å². The zero-order valence-electron chi connectivity index (χ0n) is 24.2. The number of nitrogens with two attached hydrogens (primary N) is 1. The molecular weight excluding hydrogens is 508 g/mol. The molecule has 0 fully saturated rings. The molecule has 0 aliphatic heterocycles. The molecule has 0 spiro atoms. The molecule has 9 heteroatoms. The minimum Gasteiger partial charge on any atom is -0.487 e. The number of hydrogen-bond donors (Lipinski definition) is 2. The maximum atomic E-state index is 13.4. The molecule has 0 radical (unpaired) electrons. The molecule has 40 heavy (non-hydrogen) atoms. The summed E-state index contributed by atoms with van der Waals surface area (Å²) in [5.41, 5.74) is 6.86. The number of nitriles is 1. The van der Waals surface area contributed by atoms with Crippen molar-refractivity contribution < 1.29 is 23.8 Å². The lowest BCUT2D eigenvalue weighted by Gasteiger charge is -2.36. The Morgan fingerprint density at radius 1 is 1.07 bits per heavy atom. The van der Waals surface area contributed by atoms with Gasteiger partial charge in [-0.15, -0.1) is 0 Å². The molecule has 2 aromatic carbocycles. The van der Waals surface area contributed by atoms with Gasteiger partial charge in [0, 0.05) is 17.5 Å². The summed E-state index contributed by atoms with van der Waals surface area (Å²) in [7, 11) is 0. The lowest BCUT2D eigenvalue weighted by Crippen LogP contribution is -2.61. The molecule has 4 rings (SSSR count). The second-order valence-corrected chi connectivity index (χ2v) is 12.3. The molecule has 0 saturated heterocycles. The molecule has 1 aromatic heterocycles. The number of carbonyl (C=O) groups excluding carboxylic acids is 2. The molecule has 3 aromatic rings. The maximum Gasteiger partial charge on any atom is 0.419 e. The highest BCUT2D eigenvalue weighted by atomic mass is 16.6. The quantitative estimate of drug-likeness (QED) is 0.425. The van der Waals surface area contributed by atoms with Crippen molar-refractivity contribution in [3.8, 4) is 11.8 Å². The van der Waals surface area contributed by atoms with Gasteiger partial charge in [-0.25, -0.2) is 14.2 Å². The summed E-state index contributed by atoms with van der Waals surface area (Å²) in [5, 5.41) is 13.9. The predicted octanol–water partition coefficient (Wildman–Crippen LogP) is 5.78. The van der Waals surface area contributed by atoms with Crippen LogP contribution in [0, 0.1) is 11.3 Å². The molecule has 1 aliphatic rings. The van der Waals surface area contributed by atoms with Crippen LogP contribution in [0.25, 0.3) is 10.9 Å². The number of carbonyl (C=O) groups is 2. The first kappa shape index (κ1) is 29.0. The first-order valence-corrected chi connectivity index (χ1v) is 13.4. The fourth-order valence-electron chi connectivity index (χ4n) is 5.01. The van der Waals surface area contributed by atoms with E-state index in [4.69, 9.17) is 19.9 Å². The van der Waals surface area contributed by atoms with Gasteiger partial charge in [-0.2, -0.15) is 5.26 Å². The van der Waals surface area contributed by atoms with Crippen LogP contribution in [0.3, 0.4) is 0 Å². The van der Waals surface area contributed by atoms with Crippen LogP contribution >= 0.6 is 0 Å². The number of nitrogens with zero attached hydrogens (tertiary/aromatic N) is 2. The lowest BCUT2D eigenvalue weighted by atomic mass is 9.77. The highest BCUT2D eigenvalue weighted by Crippen LogP contribution is 2.44. The number of nitrogens with one attached hydrogen (secondary N) is 1. The molecule has 212 valence electrons. The highest BCUT2D eigenvalue weighted by molar-refractivity contribution is 5.98. The molecule has 9 nitrogen and oxygen atoms in total. The molecule has 1 heterocycles. The van der Waals surface area contributed by atoms with E-state index in [0.29, 0.717) is 17.9 Å². The Balaban J connectivity index is 1.86. The minimum atomic E-state index is -1.46. The summed E-state index contributed by atoms with van der Waals surface area (Å²) >= 11 is 0. The smallest absolute Gasteiger partial charge is 0.419 e. The van der Waals surface area contributed by atoms with Crippen LogP contribution in [0.1, 0.15) is 71.1 Å². The number of rotatable bonds is 4. The standard InChI is InChI=1S/C31H38N4O5/c1-19-22-13-14-23(38-17-20-11-9-8-10-12-20)26-25(22)21(16-35(26)28(37)40-30(5,6)7)15-24(31(19,33)18-32)34-27(36)39-29(2,3)4/h8-14,16,19,24H,15,17,33H2,1-7H3,(H,34,36)/t19-,24-,31-/m0/s1. The summed E-state index contributed by atoms with van der Waals surface area (Å²) < 4.78 is 18.9. The summed E-state index contributed by atoms with van der Waals surface area (Å²) in [6, 6.07) is 14.9. The van der Waals surface area contributed by atoms with Gasteiger partial charge in [0.25, 0.3) is 0 Å². The number of benzene rings is 2. The third-order valence-electron chi connectivity index (χ3n) is 6.92. The molecule has 0 unspecified atom stereocenters. The molecule has 3 atom stereocenters. The van der Waals surface area contributed by atoms with Gasteiger partial charge in [0.2, 0.25) is 0 Å². The van der Waals surface area contributed by atoms with Crippen LogP contribution in [0.15, 0.2) is 48.7 Å². The Hall–Kier alpha value is -4.03. The SMILES string of the molecule is C[C@H]1c2ccc(OCc3ccccc3)c3c2c(cn3C(=O)OC(C)(C)C)C[C@H](NC(=O)OC(C)(C)C)[C@]1(N)C#N. The van der Waals surface area contributed by atoms with Gasteiger partial charge in [0.05, 0.1) is 12.1 Å². The zero-order valence-corrected chi connectivity index (χ0v) is 24.2. The van der Waals surface area contributed by atoms with Crippen LogP contribution in [0.5, 0.6) is 5.75 Å². The number of hydrogen-bond acceptors (Lipinski definition) is 7. The van der Waals surface area contributed by atoms with E-state index in [0.717, 1.165) is 22.1 Å². The first-order chi connectivity index (χ1) is 18.6. The Bertz CT molecular complexity index is 1460. The van der Waals surface area contributed by atoms with E-state index in [1.54, 1.807) is 53.8 Å². The Morgan fingerprint density at radius 2 is 1.73 bits per heavy atom. The Kier molecular flexibility index (Phi) is 7.61. The minimum absolute atomic E-state index is 0.190. The van der Waals surface area contributed by atoms with E-state index >= 15 is 0 Å². The predicted molar refractivity (Wildman–Crippen MR) is 152 cm³/mol. The average molecular weight is 547 g/mol. The van der Waals surface area contributed by atoms with Gasteiger partial charge in [0.15, 0.2) is 0 Å². The summed E-state index contributed by atoms with van der Waals surface area (Å²) in [6.45, 7) is 12.8. The molecule has 3 N–H and O–H groups in total. The van der Waals surface area contributed by atoms with Gasteiger partial charge in [-0.1, -0.05) is 43.3 Å². The maximum absolute atomic E-state index is 13.4. The largest absolute Gasteiger partial charge is 0.487 e. The summed E-state index contributed by atoms with van der Waals surface area (Å²) in [6.07, 6.45) is 0.650. The Morgan fingerprint density at radius 3 is 2.33 bits per heavy atom. The van der Waals surface area contributed by atoms with Crippen LogP contribution in [0.4, 0.5) is 9.59 Å². The van der Waals surface area contributed by atoms with E-state index < -0.39 is 40.9 Å². The van der Waals surface area contributed by atoms with Crippen molar-refractivity contribution in [1.29, 1.82) is 5.26 Å². The van der Waals surface area contributed by atoms with Crippen molar-refractivity contribution in [2.75, 3.05) is 0 Å². The molecule has 1 amide bonds. The van der Waals surface area contributed by atoms with E-state index in [2.05, 4.69) is 11.4 Å².